The number of hydrogen-bond acceptors (Lipinski definition) is 6. The van der Waals surface area contributed by atoms with Crippen molar-refractivity contribution >= 4 is 27.6 Å². The van der Waals surface area contributed by atoms with Crippen molar-refractivity contribution in [3.63, 3.8) is 0 Å². The molecule has 3 aromatic rings. The van der Waals surface area contributed by atoms with Gasteiger partial charge in [0, 0.05) is 44.0 Å². The van der Waals surface area contributed by atoms with Gasteiger partial charge in [0.05, 0.1) is 17.6 Å². The van der Waals surface area contributed by atoms with Gasteiger partial charge in [0.15, 0.2) is 0 Å². The molecule has 0 aliphatic carbocycles. The third-order valence-electron chi connectivity index (χ3n) is 5.87. The highest BCUT2D eigenvalue weighted by atomic mass is 32.2. The summed E-state index contributed by atoms with van der Waals surface area (Å²) < 4.78 is 31.9. The number of carbonyl (C=O) groups is 2. The molecule has 1 heterocycles. The molecule has 1 aliphatic rings. The van der Waals surface area contributed by atoms with E-state index in [4.69, 9.17) is 0 Å². The minimum atomic E-state index is -3.49. The number of nitrogens with zero attached hydrogens (tertiary/aromatic N) is 2. The lowest BCUT2D eigenvalue weighted by Gasteiger charge is -2.34. The van der Waals surface area contributed by atoms with Crippen LogP contribution in [-0.4, -0.2) is 62.8 Å². The highest BCUT2D eigenvalue weighted by Gasteiger charge is 2.28. The first-order chi connectivity index (χ1) is 16.9. The molecule has 8 nitrogen and oxygen atoms in total. The predicted octanol–water partition coefficient (Wildman–Crippen LogP) is 3.23. The van der Waals surface area contributed by atoms with Crippen LogP contribution in [0.25, 0.3) is 0 Å². The van der Waals surface area contributed by atoms with E-state index in [-0.39, 0.29) is 5.91 Å². The standard InChI is InChI=1S/C26H27N3O5S/c1-34-26(31)21-10-12-23(13-11-21)27-25(30)22-7-5-6-20(18-22)19-28-14-16-29(17-15-28)35(32,33)24-8-3-2-4-9-24/h2-13,18H,14-17,19H2,1H3,(H,27,30). The van der Waals surface area contributed by atoms with Crippen molar-refractivity contribution in [1.29, 1.82) is 0 Å². The van der Waals surface area contributed by atoms with Crippen molar-refractivity contribution in [2.45, 2.75) is 11.4 Å². The molecule has 3 aromatic carbocycles. The van der Waals surface area contributed by atoms with E-state index in [1.807, 2.05) is 18.2 Å². The number of esters is 1. The zero-order valence-electron chi connectivity index (χ0n) is 19.4. The number of benzene rings is 3. The van der Waals surface area contributed by atoms with Crippen molar-refractivity contribution in [3.05, 3.63) is 95.6 Å². The van der Waals surface area contributed by atoms with Crippen LogP contribution in [0.1, 0.15) is 26.3 Å². The zero-order chi connectivity index (χ0) is 24.8. The molecule has 1 fully saturated rings. The smallest absolute Gasteiger partial charge is 0.337 e. The van der Waals surface area contributed by atoms with Crippen LogP contribution >= 0.6 is 0 Å². The maximum atomic E-state index is 12.8. The monoisotopic (exact) mass is 493 g/mol. The fourth-order valence-electron chi connectivity index (χ4n) is 3.95. The minimum absolute atomic E-state index is 0.253. The lowest BCUT2D eigenvalue weighted by molar-refractivity contribution is 0.0600. The zero-order valence-corrected chi connectivity index (χ0v) is 20.2. The minimum Gasteiger partial charge on any atom is -0.465 e. The van der Waals surface area contributed by atoms with E-state index >= 15 is 0 Å². The Morgan fingerprint density at radius 2 is 1.54 bits per heavy atom. The molecule has 4 rings (SSSR count). The van der Waals surface area contributed by atoms with Crippen LogP contribution < -0.4 is 5.32 Å². The molecule has 1 aliphatic heterocycles. The van der Waals surface area contributed by atoms with E-state index in [0.717, 1.165) is 5.56 Å². The normalized spacial score (nSPS) is 14.9. The molecular formula is C26H27N3O5S. The number of amides is 1. The number of piperazine rings is 1. The molecule has 0 atom stereocenters. The molecule has 0 unspecified atom stereocenters. The average molecular weight is 494 g/mol. The van der Waals surface area contributed by atoms with Gasteiger partial charge >= 0.3 is 5.97 Å². The Kier molecular flexibility index (Phi) is 7.60. The van der Waals surface area contributed by atoms with Crippen molar-refractivity contribution < 1.29 is 22.7 Å². The van der Waals surface area contributed by atoms with E-state index in [1.54, 1.807) is 60.7 Å². The topological polar surface area (TPSA) is 96.0 Å². The van der Waals surface area contributed by atoms with Crippen LogP contribution in [0.5, 0.6) is 0 Å². The Morgan fingerprint density at radius 3 is 2.20 bits per heavy atom. The van der Waals surface area contributed by atoms with Gasteiger partial charge in [-0.25, -0.2) is 13.2 Å². The molecule has 0 spiro atoms. The fourth-order valence-corrected chi connectivity index (χ4v) is 5.39. The number of methoxy groups -OCH3 is 1. The van der Waals surface area contributed by atoms with Crippen molar-refractivity contribution in [2.24, 2.45) is 0 Å². The molecule has 1 saturated heterocycles. The summed E-state index contributed by atoms with van der Waals surface area (Å²) in [7, 11) is -2.17. The van der Waals surface area contributed by atoms with Gasteiger partial charge in [-0.05, 0) is 54.1 Å². The fraction of sp³-hybridized carbons (Fsp3) is 0.231. The molecule has 9 heteroatoms. The van der Waals surface area contributed by atoms with Crippen molar-refractivity contribution in [2.75, 3.05) is 38.6 Å². The third kappa shape index (κ3) is 5.94. The summed E-state index contributed by atoms with van der Waals surface area (Å²) >= 11 is 0. The van der Waals surface area contributed by atoms with Crippen LogP contribution in [0.3, 0.4) is 0 Å². The Morgan fingerprint density at radius 1 is 0.857 bits per heavy atom. The first-order valence-corrected chi connectivity index (χ1v) is 12.7. The van der Waals surface area contributed by atoms with Crippen molar-refractivity contribution in [3.8, 4) is 0 Å². The summed E-state index contributed by atoms with van der Waals surface area (Å²) in [6, 6.07) is 22.3. The Balaban J connectivity index is 1.34. The van der Waals surface area contributed by atoms with Crippen molar-refractivity contribution in [1.82, 2.24) is 9.21 Å². The van der Waals surface area contributed by atoms with Gasteiger partial charge in [-0.3, -0.25) is 9.69 Å². The van der Waals surface area contributed by atoms with Gasteiger partial charge in [0.1, 0.15) is 0 Å². The molecule has 0 saturated carbocycles. The van der Waals surface area contributed by atoms with Crippen LogP contribution in [0.4, 0.5) is 5.69 Å². The SMILES string of the molecule is COC(=O)c1ccc(NC(=O)c2cccc(CN3CCN(S(=O)(=O)c4ccccc4)CC3)c2)cc1. The highest BCUT2D eigenvalue weighted by Crippen LogP contribution is 2.19. The number of anilines is 1. The van der Waals surface area contributed by atoms with Crippen LogP contribution in [0.15, 0.2) is 83.8 Å². The Labute approximate surface area is 205 Å². The molecule has 0 aromatic heterocycles. The maximum absolute atomic E-state index is 12.8. The van der Waals surface area contributed by atoms with Crippen LogP contribution in [-0.2, 0) is 21.3 Å². The lowest BCUT2D eigenvalue weighted by Crippen LogP contribution is -2.48. The average Bonchev–Trinajstić information content (AvgIpc) is 2.89. The first kappa shape index (κ1) is 24.6. The van der Waals surface area contributed by atoms with Crippen LogP contribution in [0.2, 0.25) is 0 Å². The largest absolute Gasteiger partial charge is 0.465 e. The predicted molar refractivity (Wildman–Crippen MR) is 133 cm³/mol. The Hall–Kier alpha value is -3.53. The summed E-state index contributed by atoms with van der Waals surface area (Å²) in [5.74, 6) is -0.689. The molecule has 0 bridgehead atoms. The molecule has 182 valence electrons. The van der Waals surface area contributed by atoms with Crippen LogP contribution in [0, 0.1) is 0 Å². The van der Waals surface area contributed by atoms with Gasteiger partial charge in [0.2, 0.25) is 10.0 Å². The van der Waals surface area contributed by atoms with E-state index in [2.05, 4.69) is 15.0 Å². The van der Waals surface area contributed by atoms with Gasteiger partial charge in [-0.1, -0.05) is 30.3 Å². The number of carbonyl (C=O) groups excluding carboxylic acids is 2. The van der Waals surface area contributed by atoms with E-state index in [9.17, 15) is 18.0 Å². The number of nitrogens with one attached hydrogen (secondary N) is 1. The summed E-state index contributed by atoms with van der Waals surface area (Å²) in [6.45, 7) is 2.66. The molecule has 35 heavy (non-hydrogen) atoms. The lowest BCUT2D eigenvalue weighted by atomic mass is 10.1. The van der Waals surface area contributed by atoms with Gasteiger partial charge in [-0.15, -0.1) is 0 Å². The number of sulfonamides is 1. The number of hydrogen-bond donors (Lipinski definition) is 1. The Bertz CT molecular complexity index is 1290. The molecule has 1 N–H and O–H groups in total. The van der Waals surface area contributed by atoms with E-state index < -0.39 is 16.0 Å². The van der Waals surface area contributed by atoms with Gasteiger partial charge in [-0.2, -0.15) is 4.31 Å². The summed E-state index contributed by atoms with van der Waals surface area (Å²) in [4.78, 5) is 26.8. The quantitative estimate of drug-likeness (QED) is 0.508. The second-order valence-electron chi connectivity index (χ2n) is 8.22. The summed E-state index contributed by atoms with van der Waals surface area (Å²) in [5.41, 5.74) is 2.47. The molecule has 1 amide bonds. The summed E-state index contributed by atoms with van der Waals surface area (Å²) in [6.07, 6.45) is 0. The second kappa shape index (κ2) is 10.8. The van der Waals surface area contributed by atoms with E-state index in [0.29, 0.717) is 54.4 Å². The second-order valence-corrected chi connectivity index (χ2v) is 10.2. The molecular weight excluding hydrogens is 466 g/mol. The number of ether oxygens (including phenoxy) is 1. The van der Waals surface area contributed by atoms with E-state index in [1.165, 1.54) is 11.4 Å². The maximum Gasteiger partial charge on any atom is 0.337 e. The highest BCUT2D eigenvalue weighted by molar-refractivity contribution is 7.89. The number of rotatable bonds is 7. The summed E-state index contributed by atoms with van der Waals surface area (Å²) in [5, 5.41) is 2.83. The van der Waals surface area contributed by atoms with Gasteiger partial charge in [0.25, 0.3) is 5.91 Å². The van der Waals surface area contributed by atoms with Gasteiger partial charge < -0.3 is 10.1 Å². The first-order valence-electron chi connectivity index (χ1n) is 11.2. The molecule has 0 radical (unpaired) electrons. The third-order valence-corrected chi connectivity index (χ3v) is 7.78.